The molecule has 0 aliphatic heterocycles. The number of nitrogens with one attached hydrogen (secondary N) is 1. The van der Waals surface area contributed by atoms with Crippen LogP contribution in [-0.2, 0) is 0 Å². The molecule has 0 aliphatic carbocycles. The summed E-state index contributed by atoms with van der Waals surface area (Å²) in [5.74, 6) is 0. The standard InChI is InChI=1S/C8H11FN2/c1-10-6-7(9)8-4-2-3-5-11-8/h2-5,7,10H,6H2,1H3. The number of hydrogen-bond acceptors (Lipinski definition) is 2. The highest BCUT2D eigenvalue weighted by Crippen LogP contribution is 2.11. The smallest absolute Gasteiger partial charge is 0.154 e. The van der Waals surface area contributed by atoms with Gasteiger partial charge in [-0.3, -0.25) is 4.98 Å². The fraction of sp³-hybridized carbons (Fsp3) is 0.375. The SMILES string of the molecule is CNCC(F)c1ccccn1. The Kier molecular flexibility index (Phi) is 2.98. The van der Waals surface area contributed by atoms with Gasteiger partial charge in [0.2, 0.25) is 0 Å². The van der Waals surface area contributed by atoms with Crippen molar-refractivity contribution in [2.75, 3.05) is 13.6 Å². The van der Waals surface area contributed by atoms with E-state index in [4.69, 9.17) is 0 Å². The molecule has 0 bridgehead atoms. The predicted molar refractivity (Wildman–Crippen MR) is 42.0 cm³/mol. The number of halogens is 1. The molecule has 2 nitrogen and oxygen atoms in total. The lowest BCUT2D eigenvalue weighted by molar-refractivity contribution is 0.328. The average Bonchev–Trinajstić information content (AvgIpc) is 2.07. The van der Waals surface area contributed by atoms with Crippen molar-refractivity contribution in [3.63, 3.8) is 0 Å². The first-order valence-electron chi connectivity index (χ1n) is 3.54. The zero-order valence-electron chi connectivity index (χ0n) is 6.42. The lowest BCUT2D eigenvalue weighted by atomic mass is 10.2. The average molecular weight is 154 g/mol. The van der Waals surface area contributed by atoms with Crippen molar-refractivity contribution in [3.8, 4) is 0 Å². The van der Waals surface area contributed by atoms with E-state index in [9.17, 15) is 4.39 Å². The number of aromatic nitrogens is 1. The van der Waals surface area contributed by atoms with E-state index in [0.29, 0.717) is 12.2 Å². The molecule has 0 radical (unpaired) electrons. The van der Waals surface area contributed by atoms with Gasteiger partial charge >= 0.3 is 0 Å². The van der Waals surface area contributed by atoms with Gasteiger partial charge in [-0.15, -0.1) is 0 Å². The molecular formula is C8H11FN2. The zero-order valence-corrected chi connectivity index (χ0v) is 6.42. The van der Waals surface area contributed by atoms with Crippen LogP contribution in [-0.4, -0.2) is 18.6 Å². The molecule has 1 aromatic rings. The Bertz CT molecular complexity index is 201. The van der Waals surface area contributed by atoms with Gasteiger partial charge in [0.1, 0.15) is 0 Å². The third kappa shape index (κ3) is 2.27. The number of rotatable bonds is 3. The summed E-state index contributed by atoms with van der Waals surface area (Å²) in [5, 5.41) is 2.75. The normalized spacial score (nSPS) is 12.9. The second-order valence-electron chi connectivity index (χ2n) is 2.28. The highest BCUT2D eigenvalue weighted by atomic mass is 19.1. The van der Waals surface area contributed by atoms with E-state index in [1.165, 1.54) is 0 Å². The van der Waals surface area contributed by atoms with Crippen molar-refractivity contribution in [3.05, 3.63) is 30.1 Å². The minimum Gasteiger partial charge on any atom is -0.316 e. The second-order valence-corrected chi connectivity index (χ2v) is 2.28. The first-order valence-corrected chi connectivity index (χ1v) is 3.54. The molecule has 0 aromatic carbocycles. The topological polar surface area (TPSA) is 24.9 Å². The van der Waals surface area contributed by atoms with Crippen molar-refractivity contribution in [2.24, 2.45) is 0 Å². The number of pyridine rings is 1. The molecule has 1 atom stereocenters. The molecule has 0 amide bonds. The molecule has 0 fully saturated rings. The number of nitrogens with zero attached hydrogens (tertiary/aromatic N) is 1. The Morgan fingerprint density at radius 2 is 2.45 bits per heavy atom. The van der Waals surface area contributed by atoms with Crippen LogP contribution >= 0.6 is 0 Å². The van der Waals surface area contributed by atoms with Crippen LogP contribution < -0.4 is 5.32 Å². The maximum Gasteiger partial charge on any atom is 0.154 e. The van der Waals surface area contributed by atoms with Crippen LogP contribution in [0.1, 0.15) is 11.9 Å². The van der Waals surface area contributed by atoms with Crippen LogP contribution in [0.4, 0.5) is 4.39 Å². The number of likely N-dealkylation sites (N-methyl/N-ethyl adjacent to an activating group) is 1. The first kappa shape index (κ1) is 8.14. The molecule has 3 heteroatoms. The van der Waals surface area contributed by atoms with Gasteiger partial charge in [-0.2, -0.15) is 0 Å². The molecule has 11 heavy (non-hydrogen) atoms. The molecule has 1 heterocycles. The molecule has 60 valence electrons. The van der Waals surface area contributed by atoms with Crippen molar-refractivity contribution in [1.29, 1.82) is 0 Å². The van der Waals surface area contributed by atoms with E-state index in [0.717, 1.165) is 0 Å². The van der Waals surface area contributed by atoms with Crippen LogP contribution in [0.5, 0.6) is 0 Å². The Morgan fingerprint density at radius 3 is 3.00 bits per heavy atom. The van der Waals surface area contributed by atoms with Gasteiger partial charge in [0.25, 0.3) is 0 Å². The molecule has 1 unspecified atom stereocenters. The molecular weight excluding hydrogens is 143 g/mol. The first-order chi connectivity index (χ1) is 5.34. The van der Waals surface area contributed by atoms with Crippen LogP contribution in [0.15, 0.2) is 24.4 Å². The van der Waals surface area contributed by atoms with Gasteiger partial charge in [0.15, 0.2) is 6.17 Å². The van der Waals surface area contributed by atoms with Gasteiger partial charge in [0, 0.05) is 12.7 Å². The molecule has 0 aliphatic rings. The molecule has 0 saturated carbocycles. The molecule has 0 spiro atoms. The maximum absolute atomic E-state index is 13.0. The van der Waals surface area contributed by atoms with Crippen molar-refractivity contribution < 1.29 is 4.39 Å². The summed E-state index contributed by atoms with van der Waals surface area (Å²) in [7, 11) is 1.72. The quantitative estimate of drug-likeness (QED) is 0.710. The predicted octanol–water partition coefficient (Wildman–Crippen LogP) is 1.31. The Balaban J connectivity index is 2.61. The Labute approximate surface area is 65.5 Å². The summed E-state index contributed by atoms with van der Waals surface area (Å²) in [5.41, 5.74) is 0.488. The fourth-order valence-electron chi connectivity index (χ4n) is 0.845. The van der Waals surface area contributed by atoms with Gasteiger partial charge in [-0.25, -0.2) is 4.39 Å². The van der Waals surface area contributed by atoms with Gasteiger partial charge < -0.3 is 5.32 Å². The second kappa shape index (κ2) is 4.03. The van der Waals surface area contributed by atoms with Crippen molar-refractivity contribution in [1.82, 2.24) is 10.3 Å². The number of alkyl halides is 1. The van der Waals surface area contributed by atoms with Crippen molar-refractivity contribution in [2.45, 2.75) is 6.17 Å². The minimum atomic E-state index is -0.999. The highest BCUT2D eigenvalue weighted by Gasteiger charge is 2.07. The van der Waals surface area contributed by atoms with E-state index < -0.39 is 6.17 Å². The molecule has 1 rings (SSSR count). The van der Waals surface area contributed by atoms with Gasteiger partial charge in [-0.05, 0) is 19.2 Å². The van der Waals surface area contributed by atoms with Crippen LogP contribution in [0.2, 0.25) is 0 Å². The monoisotopic (exact) mass is 154 g/mol. The number of hydrogen-bond donors (Lipinski definition) is 1. The third-order valence-electron chi connectivity index (χ3n) is 1.39. The van der Waals surface area contributed by atoms with E-state index in [1.54, 1.807) is 31.4 Å². The summed E-state index contributed by atoms with van der Waals surface area (Å²) in [6, 6.07) is 5.24. The zero-order chi connectivity index (χ0) is 8.10. The van der Waals surface area contributed by atoms with Crippen LogP contribution in [0.3, 0.4) is 0 Å². The third-order valence-corrected chi connectivity index (χ3v) is 1.39. The van der Waals surface area contributed by atoms with Gasteiger partial charge in [0.05, 0.1) is 5.69 Å². The van der Waals surface area contributed by atoms with E-state index in [1.807, 2.05) is 0 Å². The van der Waals surface area contributed by atoms with Crippen molar-refractivity contribution >= 4 is 0 Å². The molecule has 1 N–H and O–H groups in total. The lowest BCUT2D eigenvalue weighted by Crippen LogP contribution is -2.14. The lowest BCUT2D eigenvalue weighted by Gasteiger charge is -2.04. The van der Waals surface area contributed by atoms with Crippen LogP contribution in [0, 0.1) is 0 Å². The minimum absolute atomic E-state index is 0.316. The van der Waals surface area contributed by atoms with E-state index in [2.05, 4.69) is 10.3 Å². The van der Waals surface area contributed by atoms with E-state index >= 15 is 0 Å². The van der Waals surface area contributed by atoms with Crippen LogP contribution in [0.25, 0.3) is 0 Å². The maximum atomic E-state index is 13.0. The molecule has 0 saturated heterocycles. The largest absolute Gasteiger partial charge is 0.316 e. The van der Waals surface area contributed by atoms with Gasteiger partial charge in [-0.1, -0.05) is 6.07 Å². The molecule has 1 aromatic heterocycles. The summed E-state index contributed by atoms with van der Waals surface area (Å²) < 4.78 is 13.0. The summed E-state index contributed by atoms with van der Waals surface area (Å²) in [6.07, 6.45) is 0.596. The summed E-state index contributed by atoms with van der Waals surface area (Å²) in [6.45, 7) is 0.316. The highest BCUT2D eigenvalue weighted by molar-refractivity contribution is 5.06. The Hall–Kier alpha value is -0.960. The summed E-state index contributed by atoms with van der Waals surface area (Å²) >= 11 is 0. The Morgan fingerprint density at radius 1 is 1.64 bits per heavy atom. The summed E-state index contributed by atoms with van der Waals surface area (Å²) in [4.78, 5) is 3.88. The fourth-order valence-corrected chi connectivity index (χ4v) is 0.845. The van der Waals surface area contributed by atoms with E-state index in [-0.39, 0.29) is 0 Å².